The molecular weight excluding hydrogens is 325 g/mol. The van der Waals surface area contributed by atoms with Crippen molar-refractivity contribution in [2.24, 2.45) is 0 Å². The van der Waals surface area contributed by atoms with Gasteiger partial charge in [0.1, 0.15) is 17.5 Å². The predicted molar refractivity (Wildman–Crippen MR) is 91.5 cm³/mol. The van der Waals surface area contributed by atoms with E-state index in [4.69, 9.17) is 9.47 Å². The summed E-state index contributed by atoms with van der Waals surface area (Å²) in [5, 5.41) is 0. The highest BCUT2D eigenvalue weighted by molar-refractivity contribution is 6.07. The molecule has 2 aliphatic rings. The van der Waals surface area contributed by atoms with Crippen LogP contribution in [0.5, 0.6) is 0 Å². The molecule has 0 amide bonds. The van der Waals surface area contributed by atoms with Crippen molar-refractivity contribution in [2.45, 2.75) is 26.2 Å². The van der Waals surface area contributed by atoms with Gasteiger partial charge in [-0.3, -0.25) is 0 Å². The lowest BCUT2D eigenvalue weighted by Gasteiger charge is -2.37. The molecule has 6 heteroatoms. The summed E-state index contributed by atoms with van der Waals surface area (Å²) in [5.74, 6) is 0.958. The number of hydrogen-bond donors (Lipinski definition) is 0. The van der Waals surface area contributed by atoms with E-state index in [1.165, 1.54) is 19.3 Å². The summed E-state index contributed by atoms with van der Waals surface area (Å²) in [6, 6.07) is 1.36. The Morgan fingerprint density at radius 2 is 2.24 bits per heavy atom. The molecule has 0 aromatic heterocycles. The lowest BCUT2D eigenvalue weighted by Crippen LogP contribution is -2.36. The number of benzene rings is 1. The van der Waals surface area contributed by atoms with E-state index in [1.54, 1.807) is 0 Å². The molecule has 0 aliphatic carbocycles. The van der Waals surface area contributed by atoms with Gasteiger partial charge >= 0.3 is 5.97 Å². The minimum absolute atomic E-state index is 0.171. The van der Waals surface area contributed by atoms with Crippen LogP contribution in [0, 0.1) is 5.82 Å². The zero-order valence-corrected chi connectivity index (χ0v) is 14.4. The van der Waals surface area contributed by atoms with Gasteiger partial charge in [0.2, 0.25) is 0 Å². The summed E-state index contributed by atoms with van der Waals surface area (Å²) in [6.07, 6.45) is 3.35. The second-order valence-corrected chi connectivity index (χ2v) is 5.95. The fraction of sp³-hybridized carbons (Fsp3) is 0.421. The van der Waals surface area contributed by atoms with Crippen LogP contribution in [0.15, 0.2) is 17.8 Å². The van der Waals surface area contributed by atoms with Crippen LogP contribution in [0.4, 0.5) is 10.1 Å². The van der Waals surface area contributed by atoms with Gasteiger partial charge in [0.05, 0.1) is 25.0 Å². The van der Waals surface area contributed by atoms with E-state index in [-0.39, 0.29) is 17.1 Å². The molecule has 0 atom stereocenters. The van der Waals surface area contributed by atoms with Crippen LogP contribution in [0.1, 0.15) is 30.0 Å². The van der Waals surface area contributed by atoms with E-state index in [1.807, 2.05) is 17.8 Å². The maximum absolute atomic E-state index is 14.7. The van der Waals surface area contributed by atoms with Gasteiger partial charge in [0.15, 0.2) is 0 Å². The van der Waals surface area contributed by atoms with Crippen LogP contribution in [0.3, 0.4) is 0 Å². The van der Waals surface area contributed by atoms with Crippen molar-refractivity contribution < 1.29 is 23.5 Å². The average Bonchev–Trinajstić information content (AvgIpc) is 2.63. The van der Waals surface area contributed by atoms with Gasteiger partial charge < -0.3 is 14.4 Å². The summed E-state index contributed by atoms with van der Waals surface area (Å²) in [6.45, 7) is 3.50. The standard InChI is InChI=1S/C19H20FNO4/c1-3-25-8-6-13-14-5-4-7-21-17(19(23)24-2)9-12(11-22)15(18(14)21)10-16(13)20/h9-10H,3-8H2,1-2H3. The normalized spacial score (nSPS) is 15.4. The predicted octanol–water partition coefficient (Wildman–Crippen LogP) is 2.44. The molecule has 0 saturated heterocycles. The number of esters is 1. The zero-order valence-electron chi connectivity index (χ0n) is 14.4. The van der Waals surface area contributed by atoms with Gasteiger partial charge in [-0.05, 0) is 49.5 Å². The monoisotopic (exact) mass is 345 g/mol. The zero-order chi connectivity index (χ0) is 18.0. The number of rotatable bonds is 5. The molecule has 2 aliphatic heterocycles. The van der Waals surface area contributed by atoms with Crippen LogP contribution in [0.25, 0.3) is 5.57 Å². The van der Waals surface area contributed by atoms with E-state index < -0.39 is 5.97 Å². The van der Waals surface area contributed by atoms with Crippen LogP contribution in [-0.4, -0.2) is 38.8 Å². The molecule has 25 heavy (non-hydrogen) atoms. The molecular formula is C19H20FNO4. The topological polar surface area (TPSA) is 55.8 Å². The Balaban J connectivity index is 2.16. The Labute approximate surface area is 145 Å². The van der Waals surface area contributed by atoms with E-state index in [9.17, 15) is 14.0 Å². The number of carbonyl (C=O) groups excluding carboxylic acids is 2. The molecule has 3 rings (SSSR count). The van der Waals surface area contributed by atoms with E-state index in [0.717, 1.165) is 17.7 Å². The first kappa shape index (κ1) is 17.4. The number of hydrogen-bond acceptors (Lipinski definition) is 5. The van der Waals surface area contributed by atoms with Crippen molar-refractivity contribution in [1.82, 2.24) is 0 Å². The Morgan fingerprint density at radius 1 is 1.44 bits per heavy atom. The lowest BCUT2D eigenvalue weighted by atomic mass is 9.86. The minimum Gasteiger partial charge on any atom is -0.464 e. The third-order valence-electron chi connectivity index (χ3n) is 4.61. The molecule has 2 heterocycles. The molecule has 1 aromatic rings. The van der Waals surface area contributed by atoms with Crippen molar-refractivity contribution in [3.63, 3.8) is 0 Å². The van der Waals surface area contributed by atoms with E-state index in [2.05, 4.69) is 0 Å². The smallest absolute Gasteiger partial charge is 0.354 e. The van der Waals surface area contributed by atoms with Crippen molar-refractivity contribution >= 4 is 23.2 Å². The fourth-order valence-electron chi connectivity index (χ4n) is 3.52. The van der Waals surface area contributed by atoms with Gasteiger partial charge in [0, 0.05) is 18.7 Å². The van der Waals surface area contributed by atoms with Gasteiger partial charge in [-0.25, -0.2) is 14.0 Å². The third kappa shape index (κ3) is 2.99. The number of ether oxygens (including phenoxy) is 2. The number of allylic oxidation sites excluding steroid dienone is 2. The molecule has 1 aromatic carbocycles. The highest BCUT2D eigenvalue weighted by atomic mass is 19.1. The first-order valence-electron chi connectivity index (χ1n) is 8.37. The largest absolute Gasteiger partial charge is 0.464 e. The van der Waals surface area contributed by atoms with Crippen molar-refractivity contribution in [1.29, 1.82) is 0 Å². The Bertz CT molecular complexity index is 793. The number of nitrogens with zero attached hydrogens (tertiary/aromatic N) is 1. The van der Waals surface area contributed by atoms with Crippen molar-refractivity contribution in [3.8, 4) is 0 Å². The van der Waals surface area contributed by atoms with Gasteiger partial charge in [-0.1, -0.05) is 0 Å². The second-order valence-electron chi connectivity index (χ2n) is 5.95. The van der Waals surface area contributed by atoms with Crippen LogP contribution in [0.2, 0.25) is 0 Å². The summed E-state index contributed by atoms with van der Waals surface area (Å²) in [7, 11) is 1.30. The molecule has 0 N–H and O–H groups in total. The maximum atomic E-state index is 14.7. The maximum Gasteiger partial charge on any atom is 0.354 e. The summed E-state index contributed by atoms with van der Waals surface area (Å²) >= 11 is 0. The molecule has 5 nitrogen and oxygen atoms in total. The Morgan fingerprint density at radius 3 is 2.92 bits per heavy atom. The van der Waals surface area contributed by atoms with Gasteiger partial charge in [-0.15, -0.1) is 0 Å². The van der Waals surface area contributed by atoms with Crippen LogP contribution < -0.4 is 4.90 Å². The number of anilines is 1. The number of carbonyl (C=O) groups is 1. The highest BCUT2D eigenvalue weighted by Crippen LogP contribution is 2.43. The van der Waals surface area contributed by atoms with Crippen molar-refractivity contribution in [3.05, 3.63) is 40.3 Å². The first-order chi connectivity index (χ1) is 12.1. The van der Waals surface area contributed by atoms with Crippen LogP contribution in [-0.2, 0) is 31.9 Å². The number of halogens is 1. The van der Waals surface area contributed by atoms with Crippen LogP contribution >= 0.6 is 0 Å². The molecule has 132 valence electrons. The minimum atomic E-state index is -0.522. The quantitative estimate of drug-likeness (QED) is 0.466. The Hall–Kier alpha value is -2.43. The SMILES string of the molecule is CCOCCc1c(F)cc2c3c1CCCN3C(C(=O)OC)=CC2=C=O. The molecule has 0 spiro atoms. The van der Waals surface area contributed by atoms with E-state index >= 15 is 0 Å². The summed E-state index contributed by atoms with van der Waals surface area (Å²) < 4.78 is 24.9. The second kappa shape index (κ2) is 7.21. The molecule has 0 radical (unpaired) electrons. The molecule has 0 bridgehead atoms. The first-order valence-corrected chi connectivity index (χ1v) is 8.37. The van der Waals surface area contributed by atoms with Crippen molar-refractivity contribution in [2.75, 3.05) is 31.8 Å². The molecule has 0 unspecified atom stereocenters. The summed E-state index contributed by atoms with van der Waals surface area (Å²) in [4.78, 5) is 25.4. The molecule has 0 saturated carbocycles. The summed E-state index contributed by atoms with van der Waals surface area (Å²) in [5.41, 5.74) is 3.09. The molecule has 0 fully saturated rings. The number of methoxy groups -OCH3 is 1. The lowest BCUT2D eigenvalue weighted by molar-refractivity contribution is -0.136. The third-order valence-corrected chi connectivity index (χ3v) is 4.61. The van der Waals surface area contributed by atoms with Gasteiger partial charge in [-0.2, -0.15) is 0 Å². The van der Waals surface area contributed by atoms with Gasteiger partial charge in [0.25, 0.3) is 0 Å². The fourth-order valence-corrected chi connectivity index (χ4v) is 3.52. The Kier molecular flexibility index (Phi) is 5.02. The average molecular weight is 345 g/mol. The highest BCUT2D eigenvalue weighted by Gasteiger charge is 2.34. The van der Waals surface area contributed by atoms with E-state index in [0.29, 0.717) is 43.7 Å².